The molecule has 0 saturated heterocycles. The Hall–Kier alpha value is -1.16. The average molecular weight is 393 g/mol. The van der Waals surface area contributed by atoms with Gasteiger partial charge in [-0.15, -0.1) is 0 Å². The van der Waals surface area contributed by atoms with Crippen molar-refractivity contribution < 1.29 is 18.3 Å². The van der Waals surface area contributed by atoms with Crippen molar-refractivity contribution in [2.24, 2.45) is 11.8 Å². The highest BCUT2D eigenvalue weighted by Gasteiger charge is 2.33. The zero-order valence-corrected chi connectivity index (χ0v) is 16.9. The van der Waals surface area contributed by atoms with Crippen molar-refractivity contribution in [3.05, 3.63) is 29.3 Å². The highest BCUT2D eigenvalue weighted by Crippen LogP contribution is 2.40. The molecular weight excluding hydrogens is 358 g/mol. The fraction of sp³-hybridized carbons (Fsp3) is 0.750. The van der Waals surface area contributed by atoms with E-state index >= 15 is 0 Å². The van der Waals surface area contributed by atoms with Crippen molar-refractivity contribution in [1.82, 2.24) is 0 Å². The first-order chi connectivity index (χ1) is 13.7. The first-order valence-electron chi connectivity index (χ1n) is 11.5. The van der Waals surface area contributed by atoms with Crippen molar-refractivity contribution in [2.75, 3.05) is 6.61 Å². The zero-order chi connectivity index (χ0) is 19.3. The minimum atomic E-state index is -0.811. The lowest BCUT2D eigenvalue weighted by Gasteiger charge is -2.36. The van der Waals surface area contributed by atoms with Crippen LogP contribution in [0.25, 0.3) is 0 Å². The molecule has 0 spiro atoms. The number of halogens is 2. The number of aryl methyl sites for hydroxylation is 1. The maximum Gasteiger partial charge on any atom is 0.200 e. The number of ether oxygens (including phenoxy) is 2. The van der Waals surface area contributed by atoms with Crippen molar-refractivity contribution >= 4 is 0 Å². The van der Waals surface area contributed by atoms with E-state index in [-0.39, 0.29) is 11.9 Å². The van der Waals surface area contributed by atoms with Crippen LogP contribution in [-0.2, 0) is 11.2 Å². The second-order valence-electron chi connectivity index (χ2n) is 9.10. The molecule has 0 amide bonds. The zero-order valence-electron chi connectivity index (χ0n) is 16.9. The van der Waals surface area contributed by atoms with E-state index in [9.17, 15) is 8.78 Å². The Kier molecular flexibility index (Phi) is 6.87. The van der Waals surface area contributed by atoms with E-state index < -0.39 is 11.6 Å². The van der Waals surface area contributed by atoms with Crippen LogP contribution in [0.15, 0.2) is 12.1 Å². The molecule has 156 valence electrons. The van der Waals surface area contributed by atoms with E-state index in [2.05, 4.69) is 0 Å². The molecule has 1 atom stereocenters. The predicted octanol–water partition coefficient (Wildman–Crippen LogP) is 6.59. The molecule has 2 nitrogen and oxygen atoms in total. The normalized spacial score (nSPS) is 28.6. The van der Waals surface area contributed by atoms with Gasteiger partial charge in [-0.05, 0) is 74.8 Å². The number of hydrogen-bond acceptors (Lipinski definition) is 2. The Morgan fingerprint density at radius 1 is 0.929 bits per heavy atom. The fourth-order valence-electron chi connectivity index (χ4n) is 5.44. The van der Waals surface area contributed by atoms with Gasteiger partial charge in [0.25, 0.3) is 0 Å². The van der Waals surface area contributed by atoms with Gasteiger partial charge >= 0.3 is 0 Å². The van der Waals surface area contributed by atoms with Crippen molar-refractivity contribution in [3.63, 3.8) is 0 Å². The standard InChI is InChI=1S/C24H34F2O2/c25-21-14-12-19-13-15-22(28-24(19)23(21)26)18-10-8-17(9-11-18)5-4-16-27-20-6-2-1-3-7-20/h12,14,17-18,20,22H,1-11,13,15-16H2. The van der Waals surface area contributed by atoms with Gasteiger partial charge in [0, 0.05) is 6.61 Å². The monoisotopic (exact) mass is 392 g/mol. The van der Waals surface area contributed by atoms with Crippen molar-refractivity contribution in [3.8, 4) is 5.75 Å². The van der Waals surface area contributed by atoms with Gasteiger partial charge in [-0.3, -0.25) is 0 Å². The number of rotatable bonds is 6. The van der Waals surface area contributed by atoms with Crippen LogP contribution in [-0.4, -0.2) is 18.8 Å². The SMILES string of the molecule is Fc1ccc2c(c1F)OC(C1CCC(CCCOC3CCCCC3)CC1)CC2. The molecule has 28 heavy (non-hydrogen) atoms. The molecule has 1 aromatic rings. The lowest BCUT2D eigenvalue weighted by molar-refractivity contribution is 0.0226. The largest absolute Gasteiger partial charge is 0.487 e. The first-order valence-corrected chi connectivity index (χ1v) is 11.5. The van der Waals surface area contributed by atoms with Crippen LogP contribution < -0.4 is 4.74 Å². The van der Waals surface area contributed by atoms with Gasteiger partial charge in [-0.2, -0.15) is 4.39 Å². The van der Waals surface area contributed by atoms with Crippen LogP contribution in [0, 0.1) is 23.5 Å². The summed E-state index contributed by atoms with van der Waals surface area (Å²) in [5.74, 6) is -0.188. The Labute approximate surface area is 168 Å². The Bertz CT molecular complexity index is 634. The molecule has 4 heteroatoms. The molecule has 1 aliphatic heterocycles. The lowest BCUT2D eigenvalue weighted by atomic mass is 9.76. The summed E-state index contributed by atoms with van der Waals surface area (Å²) in [4.78, 5) is 0. The molecule has 4 rings (SSSR count). The van der Waals surface area contributed by atoms with Gasteiger partial charge < -0.3 is 9.47 Å². The molecule has 2 fully saturated rings. The summed E-state index contributed by atoms with van der Waals surface area (Å²) in [7, 11) is 0. The van der Waals surface area contributed by atoms with Crippen LogP contribution in [0.2, 0.25) is 0 Å². The minimum Gasteiger partial charge on any atom is -0.487 e. The summed E-state index contributed by atoms with van der Waals surface area (Å²) in [6.45, 7) is 0.915. The molecule has 0 radical (unpaired) electrons. The summed E-state index contributed by atoms with van der Waals surface area (Å²) < 4.78 is 39.6. The molecule has 1 aromatic carbocycles. The van der Waals surface area contributed by atoms with E-state index in [4.69, 9.17) is 9.47 Å². The smallest absolute Gasteiger partial charge is 0.200 e. The summed E-state index contributed by atoms with van der Waals surface area (Å²) in [5.41, 5.74) is 0.807. The third-order valence-corrected chi connectivity index (χ3v) is 7.18. The highest BCUT2D eigenvalue weighted by atomic mass is 19.2. The lowest BCUT2D eigenvalue weighted by Crippen LogP contribution is -2.34. The minimum absolute atomic E-state index is 0.0411. The molecule has 0 aromatic heterocycles. The summed E-state index contributed by atoms with van der Waals surface area (Å²) in [6.07, 6.45) is 16.0. The van der Waals surface area contributed by atoms with Gasteiger partial charge in [0.2, 0.25) is 5.82 Å². The van der Waals surface area contributed by atoms with E-state index in [0.717, 1.165) is 43.8 Å². The van der Waals surface area contributed by atoms with Gasteiger partial charge in [-0.25, -0.2) is 4.39 Å². The molecular formula is C24H34F2O2. The topological polar surface area (TPSA) is 18.5 Å². The molecule has 2 saturated carbocycles. The Morgan fingerprint density at radius 2 is 1.71 bits per heavy atom. The molecule has 3 aliphatic rings. The van der Waals surface area contributed by atoms with Crippen LogP contribution in [0.5, 0.6) is 5.75 Å². The maximum absolute atomic E-state index is 14.1. The number of hydrogen-bond donors (Lipinski definition) is 0. The first kappa shape index (κ1) is 20.1. The van der Waals surface area contributed by atoms with Gasteiger partial charge in [0.1, 0.15) is 6.10 Å². The Morgan fingerprint density at radius 3 is 2.50 bits per heavy atom. The maximum atomic E-state index is 14.1. The van der Waals surface area contributed by atoms with Crippen LogP contribution >= 0.6 is 0 Å². The van der Waals surface area contributed by atoms with E-state index in [1.807, 2.05) is 0 Å². The third-order valence-electron chi connectivity index (χ3n) is 7.18. The van der Waals surface area contributed by atoms with Crippen LogP contribution in [0.3, 0.4) is 0 Å². The van der Waals surface area contributed by atoms with Gasteiger partial charge in [-0.1, -0.05) is 38.2 Å². The summed E-state index contributed by atoms with van der Waals surface area (Å²) >= 11 is 0. The summed E-state index contributed by atoms with van der Waals surface area (Å²) in [6, 6.07) is 2.87. The molecule has 1 heterocycles. The van der Waals surface area contributed by atoms with Crippen molar-refractivity contribution in [1.29, 1.82) is 0 Å². The number of benzene rings is 1. The predicted molar refractivity (Wildman–Crippen MR) is 107 cm³/mol. The van der Waals surface area contributed by atoms with Gasteiger partial charge in [0.15, 0.2) is 11.6 Å². The highest BCUT2D eigenvalue weighted by molar-refractivity contribution is 5.37. The number of fused-ring (bicyclic) bond motifs is 1. The second-order valence-corrected chi connectivity index (χ2v) is 9.10. The van der Waals surface area contributed by atoms with Crippen LogP contribution in [0.1, 0.15) is 82.6 Å². The Balaban J connectivity index is 1.18. The van der Waals surface area contributed by atoms with Crippen LogP contribution in [0.4, 0.5) is 8.78 Å². The molecule has 0 bridgehead atoms. The summed E-state index contributed by atoms with van der Waals surface area (Å²) in [5, 5.41) is 0. The average Bonchev–Trinajstić information content (AvgIpc) is 2.75. The fourth-order valence-corrected chi connectivity index (χ4v) is 5.44. The van der Waals surface area contributed by atoms with Crippen molar-refractivity contribution in [2.45, 2.75) is 95.7 Å². The quantitative estimate of drug-likeness (QED) is 0.508. The molecule has 2 aliphatic carbocycles. The third kappa shape index (κ3) is 4.87. The van der Waals surface area contributed by atoms with E-state index in [1.165, 1.54) is 63.9 Å². The molecule has 0 N–H and O–H groups in total. The molecule has 1 unspecified atom stereocenters. The van der Waals surface area contributed by atoms with E-state index in [1.54, 1.807) is 6.07 Å². The van der Waals surface area contributed by atoms with E-state index in [0.29, 0.717) is 12.0 Å². The second kappa shape index (κ2) is 9.56. The van der Waals surface area contributed by atoms with Gasteiger partial charge in [0.05, 0.1) is 6.10 Å².